The third kappa shape index (κ3) is 6.35. The molecule has 1 aromatic carbocycles. The number of benzene rings is 1. The Morgan fingerprint density at radius 3 is 2.65 bits per heavy atom. The molecule has 1 aliphatic rings. The van der Waals surface area contributed by atoms with E-state index in [1.807, 2.05) is 19.1 Å². The molecule has 2 rings (SSSR count). The van der Waals surface area contributed by atoms with Crippen molar-refractivity contribution in [3.8, 4) is 0 Å². The third-order valence-corrected chi connectivity index (χ3v) is 7.03. The highest BCUT2D eigenvalue weighted by atomic mass is 79.9. The maximum absolute atomic E-state index is 12.2. The normalized spacial score (nSPS) is 17.0. The second-order valence-electron chi connectivity index (χ2n) is 6.98. The number of hydrogen-bond acceptors (Lipinski definition) is 4. The Hall–Kier alpha value is -0.920. The number of ether oxygens (including phenoxy) is 1. The molecule has 1 fully saturated rings. The van der Waals surface area contributed by atoms with E-state index in [2.05, 4.69) is 33.4 Å². The van der Waals surface area contributed by atoms with Crippen molar-refractivity contribution in [1.82, 2.24) is 5.32 Å². The first-order valence-electron chi connectivity index (χ1n) is 9.18. The Morgan fingerprint density at radius 1 is 1.27 bits per heavy atom. The topological polar surface area (TPSA) is 72.5 Å². The maximum Gasteiger partial charge on any atom is 0.235 e. The summed E-state index contributed by atoms with van der Waals surface area (Å²) in [6.07, 6.45) is 4.04. The van der Waals surface area contributed by atoms with Gasteiger partial charge in [-0.3, -0.25) is 4.79 Å². The predicted molar refractivity (Wildman–Crippen MR) is 107 cm³/mol. The van der Waals surface area contributed by atoms with E-state index >= 15 is 0 Å². The number of carbonyl (C=O) groups is 1. The molecule has 5 nitrogen and oxygen atoms in total. The molecular weight excluding hydrogens is 418 g/mol. The fourth-order valence-electron chi connectivity index (χ4n) is 3.31. The fourth-order valence-corrected chi connectivity index (χ4v) is 5.00. The minimum atomic E-state index is -3.34. The number of halogens is 1. The zero-order valence-corrected chi connectivity index (χ0v) is 17.7. The second-order valence-corrected chi connectivity index (χ2v) is 10.1. The van der Waals surface area contributed by atoms with E-state index in [1.165, 1.54) is 0 Å². The molecule has 1 heterocycles. The van der Waals surface area contributed by atoms with Gasteiger partial charge in [-0.25, -0.2) is 8.42 Å². The molecule has 1 N–H and O–H groups in total. The highest BCUT2D eigenvalue weighted by Crippen LogP contribution is 2.35. The summed E-state index contributed by atoms with van der Waals surface area (Å²) >= 11 is 3.50. The van der Waals surface area contributed by atoms with Crippen molar-refractivity contribution in [2.24, 2.45) is 0 Å². The molecule has 146 valence electrons. The lowest BCUT2D eigenvalue weighted by molar-refractivity contribution is -0.119. The van der Waals surface area contributed by atoms with Gasteiger partial charge in [0.15, 0.2) is 9.84 Å². The quantitative estimate of drug-likeness (QED) is 0.592. The molecule has 1 saturated heterocycles. The first-order valence-corrected chi connectivity index (χ1v) is 11.8. The second kappa shape index (κ2) is 9.85. The number of hydrogen-bond donors (Lipinski definition) is 1. The van der Waals surface area contributed by atoms with E-state index in [0.717, 1.165) is 35.7 Å². The molecule has 0 radical (unpaired) electrons. The van der Waals surface area contributed by atoms with E-state index in [0.29, 0.717) is 26.2 Å². The van der Waals surface area contributed by atoms with Gasteiger partial charge in [0, 0.05) is 29.6 Å². The zero-order valence-electron chi connectivity index (χ0n) is 15.3. The molecule has 26 heavy (non-hydrogen) atoms. The van der Waals surface area contributed by atoms with E-state index < -0.39 is 21.5 Å². The molecule has 0 atom stereocenters. The van der Waals surface area contributed by atoms with Crippen LogP contribution in [0.2, 0.25) is 0 Å². The highest BCUT2D eigenvalue weighted by molar-refractivity contribution is 9.10. The van der Waals surface area contributed by atoms with Crippen LogP contribution in [0.1, 0.15) is 44.6 Å². The van der Waals surface area contributed by atoms with Crippen molar-refractivity contribution in [3.05, 3.63) is 34.3 Å². The number of rotatable bonds is 9. The predicted octanol–water partition coefficient (Wildman–Crippen LogP) is 3.22. The molecule has 1 amide bonds. The van der Waals surface area contributed by atoms with Crippen molar-refractivity contribution in [2.75, 3.05) is 31.3 Å². The number of amides is 1. The summed E-state index contributed by atoms with van der Waals surface area (Å²) in [7, 11) is -3.34. The summed E-state index contributed by atoms with van der Waals surface area (Å²) in [5.41, 5.74) is 0.921. The van der Waals surface area contributed by atoms with E-state index in [-0.39, 0.29) is 11.2 Å². The third-order valence-electron chi connectivity index (χ3n) is 4.92. The summed E-state index contributed by atoms with van der Waals surface area (Å²) in [6.45, 7) is 3.72. The smallest absolute Gasteiger partial charge is 0.235 e. The zero-order chi connectivity index (χ0) is 19.0. The average molecular weight is 446 g/mol. The van der Waals surface area contributed by atoms with Crippen LogP contribution >= 0.6 is 15.9 Å². The Labute approximate surface area is 164 Å². The van der Waals surface area contributed by atoms with Gasteiger partial charge in [0.25, 0.3) is 0 Å². The van der Waals surface area contributed by atoms with Crippen LogP contribution in [0, 0.1) is 0 Å². The van der Waals surface area contributed by atoms with Crippen molar-refractivity contribution in [2.45, 2.75) is 44.4 Å². The first-order chi connectivity index (χ1) is 12.4. The molecule has 0 saturated carbocycles. The highest BCUT2D eigenvalue weighted by Gasteiger charge is 2.35. The van der Waals surface area contributed by atoms with Gasteiger partial charge in [0.2, 0.25) is 5.91 Å². The van der Waals surface area contributed by atoms with E-state index in [9.17, 15) is 13.2 Å². The van der Waals surface area contributed by atoms with Gasteiger partial charge in [0.1, 0.15) is 5.75 Å². The molecule has 0 aliphatic carbocycles. The maximum atomic E-state index is 12.2. The van der Waals surface area contributed by atoms with Crippen LogP contribution in [-0.2, 0) is 24.8 Å². The van der Waals surface area contributed by atoms with Gasteiger partial charge in [-0.15, -0.1) is 0 Å². The average Bonchev–Trinajstić information content (AvgIpc) is 2.60. The molecular formula is C19H28BrNO4S. The molecule has 0 bridgehead atoms. The monoisotopic (exact) mass is 445 g/mol. The summed E-state index contributed by atoms with van der Waals surface area (Å²) in [5.74, 6) is -0.761. The molecule has 7 heteroatoms. The van der Waals surface area contributed by atoms with Gasteiger partial charge < -0.3 is 10.1 Å². The van der Waals surface area contributed by atoms with Gasteiger partial charge in [0.05, 0.1) is 5.75 Å². The van der Waals surface area contributed by atoms with Crippen LogP contribution in [0.25, 0.3) is 0 Å². The van der Waals surface area contributed by atoms with Crippen LogP contribution in [0.4, 0.5) is 0 Å². The van der Waals surface area contributed by atoms with Crippen molar-refractivity contribution < 1.29 is 17.9 Å². The van der Waals surface area contributed by atoms with Gasteiger partial charge >= 0.3 is 0 Å². The lowest BCUT2D eigenvalue weighted by atomic mass is 9.74. The number of carbonyl (C=O) groups excluding carboxylic acids is 1. The standard InChI is InChI=1S/C19H28BrNO4S/c1-2-3-4-12-26(23,24)14-18(22)21-15-19(8-10-25-11-9-19)16-6-5-7-17(20)13-16/h5-7,13H,2-4,8-12,14-15H2,1H3,(H,21,22). The Kier molecular flexibility index (Phi) is 8.10. The number of unbranched alkanes of at least 4 members (excludes halogenated alkanes) is 2. The minimum absolute atomic E-state index is 0.0822. The molecule has 1 aliphatic heterocycles. The van der Waals surface area contributed by atoms with Crippen LogP contribution in [0.3, 0.4) is 0 Å². The van der Waals surface area contributed by atoms with Crippen LogP contribution in [0.15, 0.2) is 28.7 Å². The van der Waals surface area contributed by atoms with Gasteiger partial charge in [-0.1, -0.05) is 47.8 Å². The van der Waals surface area contributed by atoms with Gasteiger partial charge in [-0.05, 0) is 37.0 Å². The summed E-state index contributed by atoms with van der Waals surface area (Å²) in [4.78, 5) is 12.2. The molecule has 0 aromatic heterocycles. The summed E-state index contributed by atoms with van der Waals surface area (Å²) < 4.78 is 30.6. The van der Waals surface area contributed by atoms with Gasteiger partial charge in [-0.2, -0.15) is 0 Å². The summed E-state index contributed by atoms with van der Waals surface area (Å²) in [6, 6.07) is 8.08. The van der Waals surface area contributed by atoms with Crippen LogP contribution in [-0.4, -0.2) is 45.6 Å². The molecule has 1 aromatic rings. The minimum Gasteiger partial charge on any atom is -0.381 e. The number of sulfone groups is 1. The van der Waals surface area contributed by atoms with E-state index in [1.54, 1.807) is 0 Å². The van der Waals surface area contributed by atoms with Crippen molar-refractivity contribution in [3.63, 3.8) is 0 Å². The van der Waals surface area contributed by atoms with E-state index in [4.69, 9.17) is 4.74 Å². The Bertz CT molecular complexity index is 699. The lowest BCUT2D eigenvalue weighted by Gasteiger charge is -2.38. The fraction of sp³-hybridized carbons (Fsp3) is 0.632. The number of nitrogens with one attached hydrogen (secondary N) is 1. The van der Waals surface area contributed by atoms with Crippen molar-refractivity contribution >= 4 is 31.7 Å². The molecule has 0 unspecified atom stereocenters. The Morgan fingerprint density at radius 2 is 2.00 bits per heavy atom. The Balaban J connectivity index is 2.00. The van der Waals surface area contributed by atoms with Crippen LogP contribution < -0.4 is 5.32 Å². The summed E-state index contributed by atoms with van der Waals surface area (Å²) in [5, 5.41) is 2.87. The first kappa shape index (κ1) is 21.4. The van der Waals surface area contributed by atoms with Crippen LogP contribution in [0.5, 0.6) is 0 Å². The molecule has 0 spiro atoms. The largest absolute Gasteiger partial charge is 0.381 e. The van der Waals surface area contributed by atoms with Crippen molar-refractivity contribution in [1.29, 1.82) is 0 Å². The lowest BCUT2D eigenvalue weighted by Crippen LogP contribution is -2.46. The SMILES string of the molecule is CCCCCS(=O)(=O)CC(=O)NCC1(c2cccc(Br)c2)CCOCC1.